The Morgan fingerprint density at radius 3 is 2.24 bits per heavy atom. The van der Waals surface area contributed by atoms with Crippen molar-refractivity contribution in [2.45, 2.75) is 6.92 Å². The number of rotatable bonds is 7. The number of nitrogens with one attached hydrogen (secondary N) is 1. The molecule has 0 aliphatic rings. The van der Waals surface area contributed by atoms with Crippen molar-refractivity contribution in [2.24, 2.45) is 5.92 Å². The van der Waals surface area contributed by atoms with Gasteiger partial charge in [0.15, 0.2) is 0 Å². The van der Waals surface area contributed by atoms with Crippen molar-refractivity contribution < 1.29 is 4.79 Å². The van der Waals surface area contributed by atoms with Gasteiger partial charge in [-0.1, -0.05) is 25.1 Å². The minimum Gasteiger partial charge on any atom is -0.373 e. The number of hydrogen-bond donors (Lipinski definition) is 1. The van der Waals surface area contributed by atoms with Crippen LogP contribution in [0.2, 0.25) is 0 Å². The highest BCUT2D eigenvalue weighted by Gasteiger charge is 2.16. The first kappa shape index (κ1) is 22.3. The van der Waals surface area contributed by atoms with Gasteiger partial charge in [-0.2, -0.15) is 0 Å². The third kappa shape index (κ3) is 7.55. The molecule has 0 spiro atoms. The van der Waals surface area contributed by atoms with Crippen LogP contribution in [0.3, 0.4) is 0 Å². The first-order valence-electron chi connectivity index (χ1n) is 6.72. The normalized spacial score (nSPS) is 10.9. The Kier molecular flexibility index (Phi) is 12.4. The van der Waals surface area contributed by atoms with Crippen molar-refractivity contribution in [3.05, 3.63) is 30.3 Å². The van der Waals surface area contributed by atoms with E-state index in [0.29, 0.717) is 0 Å². The molecular formula is C15H27Cl2N3O. The average Bonchev–Trinajstić information content (AvgIpc) is 2.44. The third-order valence-electron chi connectivity index (χ3n) is 3.28. The second kappa shape index (κ2) is 11.7. The molecule has 122 valence electrons. The number of carbonyl (C=O) groups is 1. The monoisotopic (exact) mass is 335 g/mol. The number of anilines is 1. The molecule has 6 heteroatoms. The molecule has 1 amide bonds. The van der Waals surface area contributed by atoms with Gasteiger partial charge in [-0.15, -0.1) is 24.8 Å². The Bertz CT molecular complexity index is 390. The van der Waals surface area contributed by atoms with Gasteiger partial charge < -0.3 is 15.1 Å². The molecule has 0 aliphatic carbocycles. The SMILES string of the molecule is CNCC(C)C(=O)N(C)CCN(C)c1ccccc1.Cl.Cl. The van der Waals surface area contributed by atoms with Gasteiger partial charge in [0.1, 0.15) is 0 Å². The van der Waals surface area contributed by atoms with Crippen LogP contribution in [0.25, 0.3) is 0 Å². The summed E-state index contributed by atoms with van der Waals surface area (Å²) in [5, 5.41) is 3.04. The summed E-state index contributed by atoms with van der Waals surface area (Å²) < 4.78 is 0. The quantitative estimate of drug-likeness (QED) is 0.830. The van der Waals surface area contributed by atoms with Crippen LogP contribution in [0.4, 0.5) is 5.69 Å². The summed E-state index contributed by atoms with van der Waals surface area (Å²) >= 11 is 0. The molecule has 0 aromatic heterocycles. The first-order chi connectivity index (χ1) is 9.06. The summed E-state index contributed by atoms with van der Waals surface area (Å²) in [6, 6.07) is 10.2. The van der Waals surface area contributed by atoms with Crippen LogP contribution in [0.1, 0.15) is 6.92 Å². The van der Waals surface area contributed by atoms with E-state index >= 15 is 0 Å². The number of carbonyl (C=O) groups excluding carboxylic acids is 1. The van der Waals surface area contributed by atoms with E-state index in [1.165, 1.54) is 5.69 Å². The van der Waals surface area contributed by atoms with Gasteiger partial charge in [0.2, 0.25) is 5.91 Å². The summed E-state index contributed by atoms with van der Waals surface area (Å²) in [4.78, 5) is 16.0. The van der Waals surface area contributed by atoms with Crippen LogP contribution < -0.4 is 10.2 Å². The molecule has 0 saturated carbocycles. The molecule has 1 atom stereocenters. The van der Waals surface area contributed by atoms with Gasteiger partial charge >= 0.3 is 0 Å². The van der Waals surface area contributed by atoms with E-state index < -0.39 is 0 Å². The van der Waals surface area contributed by atoms with E-state index in [4.69, 9.17) is 0 Å². The Labute approximate surface area is 140 Å². The topological polar surface area (TPSA) is 35.6 Å². The fraction of sp³-hybridized carbons (Fsp3) is 0.533. The molecule has 0 bridgehead atoms. The molecule has 1 aromatic carbocycles. The van der Waals surface area contributed by atoms with Crippen LogP contribution in [0.5, 0.6) is 0 Å². The maximum absolute atomic E-state index is 12.0. The molecule has 0 saturated heterocycles. The zero-order valence-corrected chi connectivity index (χ0v) is 14.8. The lowest BCUT2D eigenvalue weighted by Crippen LogP contribution is -2.39. The number of halogens is 2. The third-order valence-corrected chi connectivity index (χ3v) is 3.28. The van der Waals surface area contributed by atoms with Crippen LogP contribution in [0.15, 0.2) is 30.3 Å². The van der Waals surface area contributed by atoms with Gasteiger partial charge in [-0.05, 0) is 19.2 Å². The Morgan fingerprint density at radius 2 is 1.71 bits per heavy atom. The number of hydrogen-bond acceptors (Lipinski definition) is 3. The van der Waals surface area contributed by atoms with Crippen molar-refractivity contribution in [3.63, 3.8) is 0 Å². The van der Waals surface area contributed by atoms with Crippen LogP contribution in [-0.2, 0) is 4.79 Å². The summed E-state index contributed by atoms with van der Waals surface area (Å²) in [5.74, 6) is 0.216. The maximum Gasteiger partial charge on any atom is 0.226 e. The molecule has 0 heterocycles. The molecule has 1 aromatic rings. The highest BCUT2D eigenvalue weighted by atomic mass is 35.5. The van der Waals surface area contributed by atoms with Crippen molar-refractivity contribution in [1.82, 2.24) is 10.2 Å². The summed E-state index contributed by atoms with van der Waals surface area (Å²) in [7, 11) is 5.78. The Hall–Kier alpha value is -0.970. The van der Waals surface area contributed by atoms with E-state index in [0.717, 1.165) is 19.6 Å². The average molecular weight is 336 g/mol. The zero-order chi connectivity index (χ0) is 14.3. The molecule has 0 radical (unpaired) electrons. The van der Waals surface area contributed by atoms with Crippen LogP contribution in [0, 0.1) is 5.92 Å². The molecular weight excluding hydrogens is 309 g/mol. The second-order valence-corrected chi connectivity index (χ2v) is 4.98. The standard InChI is InChI=1S/C15H25N3O.2ClH/c1-13(12-16-2)15(19)18(4)11-10-17(3)14-8-6-5-7-9-14;;/h5-9,13,16H,10-12H2,1-4H3;2*1H. The van der Waals surface area contributed by atoms with Gasteiger partial charge in [0, 0.05) is 45.3 Å². The highest BCUT2D eigenvalue weighted by molar-refractivity contribution is 5.85. The number of likely N-dealkylation sites (N-methyl/N-ethyl adjacent to an activating group) is 2. The molecule has 21 heavy (non-hydrogen) atoms. The van der Waals surface area contributed by atoms with Crippen molar-refractivity contribution in [1.29, 1.82) is 0 Å². The van der Waals surface area contributed by atoms with Gasteiger partial charge in [-0.3, -0.25) is 4.79 Å². The van der Waals surface area contributed by atoms with E-state index in [1.54, 1.807) is 4.90 Å². The van der Waals surface area contributed by atoms with Crippen molar-refractivity contribution >= 4 is 36.4 Å². The number of nitrogens with zero attached hydrogens (tertiary/aromatic N) is 2. The molecule has 0 fully saturated rings. The first-order valence-corrected chi connectivity index (χ1v) is 6.72. The lowest BCUT2D eigenvalue weighted by Gasteiger charge is -2.25. The Morgan fingerprint density at radius 1 is 1.14 bits per heavy atom. The van der Waals surface area contributed by atoms with Crippen molar-refractivity contribution in [3.8, 4) is 0 Å². The van der Waals surface area contributed by atoms with E-state index in [2.05, 4.69) is 22.3 Å². The smallest absolute Gasteiger partial charge is 0.226 e. The predicted molar refractivity (Wildman–Crippen MR) is 94.9 cm³/mol. The minimum atomic E-state index is 0. The number of benzene rings is 1. The van der Waals surface area contributed by atoms with Gasteiger partial charge in [0.25, 0.3) is 0 Å². The summed E-state index contributed by atoms with van der Waals surface area (Å²) in [5.41, 5.74) is 1.17. The summed E-state index contributed by atoms with van der Waals surface area (Å²) in [6.45, 7) is 4.24. The number of para-hydroxylation sites is 1. The predicted octanol–water partition coefficient (Wildman–Crippen LogP) is 2.28. The van der Waals surface area contributed by atoms with Gasteiger partial charge in [0.05, 0.1) is 0 Å². The largest absolute Gasteiger partial charge is 0.373 e. The second-order valence-electron chi connectivity index (χ2n) is 4.98. The van der Waals surface area contributed by atoms with Crippen molar-refractivity contribution in [2.75, 3.05) is 45.7 Å². The lowest BCUT2D eigenvalue weighted by atomic mass is 10.1. The fourth-order valence-corrected chi connectivity index (χ4v) is 1.99. The van der Waals surface area contributed by atoms with E-state index in [-0.39, 0.29) is 36.6 Å². The van der Waals surface area contributed by atoms with Gasteiger partial charge in [-0.25, -0.2) is 0 Å². The van der Waals surface area contributed by atoms with Crippen LogP contribution >= 0.6 is 24.8 Å². The minimum absolute atomic E-state index is 0. The van der Waals surface area contributed by atoms with E-state index in [1.807, 2.05) is 46.3 Å². The molecule has 4 nitrogen and oxygen atoms in total. The summed E-state index contributed by atoms with van der Waals surface area (Å²) in [6.07, 6.45) is 0. The Balaban J connectivity index is 0. The molecule has 1 N–H and O–H groups in total. The fourth-order valence-electron chi connectivity index (χ4n) is 1.99. The van der Waals surface area contributed by atoms with Crippen LogP contribution in [-0.4, -0.2) is 51.6 Å². The molecule has 1 rings (SSSR count). The van der Waals surface area contributed by atoms with E-state index in [9.17, 15) is 4.79 Å². The molecule has 1 unspecified atom stereocenters. The highest BCUT2D eigenvalue weighted by Crippen LogP contribution is 2.10. The molecule has 0 aliphatic heterocycles. The maximum atomic E-state index is 12.0. The number of amides is 1. The lowest BCUT2D eigenvalue weighted by molar-refractivity contribution is -0.133. The zero-order valence-electron chi connectivity index (χ0n) is 13.2.